The molecule has 1 heterocycles. The molecular weight excluding hydrogens is 426 g/mol. The standard InChI is InChI=1S/C22H22F2N2O4S/c1-14(21(27)9-4-15-3-2-10-26-13-15)30-17-7-5-16(6-8-17)18-11-20(24)22(12-19(18)23)31(25,28)29/h2-3,5-8,10-14,21,27H,4,9H2,1H3,(H2,25,28,29)/t14-,21+/m0/s1. The van der Waals surface area contributed by atoms with Crippen molar-refractivity contribution in [1.29, 1.82) is 0 Å². The zero-order valence-corrected chi connectivity index (χ0v) is 17.5. The summed E-state index contributed by atoms with van der Waals surface area (Å²) in [5.41, 5.74) is 1.23. The third kappa shape index (κ3) is 5.84. The van der Waals surface area contributed by atoms with Gasteiger partial charge in [0.1, 0.15) is 28.4 Å². The first-order chi connectivity index (χ1) is 14.6. The van der Waals surface area contributed by atoms with E-state index in [1.165, 1.54) is 12.1 Å². The molecule has 2 aromatic carbocycles. The maximum absolute atomic E-state index is 14.3. The van der Waals surface area contributed by atoms with E-state index >= 15 is 0 Å². The van der Waals surface area contributed by atoms with Crippen LogP contribution < -0.4 is 9.88 Å². The van der Waals surface area contributed by atoms with Crippen LogP contribution in [-0.2, 0) is 16.4 Å². The van der Waals surface area contributed by atoms with Gasteiger partial charge in [-0.3, -0.25) is 4.98 Å². The Morgan fingerprint density at radius 1 is 1.13 bits per heavy atom. The van der Waals surface area contributed by atoms with Gasteiger partial charge in [0.2, 0.25) is 10.0 Å². The smallest absolute Gasteiger partial charge is 0.241 e. The summed E-state index contributed by atoms with van der Waals surface area (Å²) in [5, 5.41) is 15.2. The second-order valence-corrected chi connectivity index (χ2v) is 8.65. The van der Waals surface area contributed by atoms with E-state index in [4.69, 9.17) is 9.88 Å². The average Bonchev–Trinajstić information content (AvgIpc) is 2.74. The lowest BCUT2D eigenvalue weighted by Gasteiger charge is -2.20. The molecule has 0 fully saturated rings. The Kier molecular flexibility index (Phi) is 6.99. The topological polar surface area (TPSA) is 103 Å². The number of pyridine rings is 1. The lowest BCUT2D eigenvalue weighted by Crippen LogP contribution is -2.29. The molecule has 0 aliphatic carbocycles. The van der Waals surface area contributed by atoms with Gasteiger partial charge in [-0.25, -0.2) is 22.3 Å². The van der Waals surface area contributed by atoms with Crippen molar-refractivity contribution >= 4 is 10.0 Å². The lowest BCUT2D eigenvalue weighted by atomic mass is 10.0. The lowest BCUT2D eigenvalue weighted by molar-refractivity contribution is 0.0420. The highest BCUT2D eigenvalue weighted by Gasteiger charge is 2.20. The van der Waals surface area contributed by atoms with Crippen molar-refractivity contribution in [3.8, 4) is 16.9 Å². The molecule has 0 radical (unpaired) electrons. The first kappa shape index (κ1) is 22.8. The number of hydrogen-bond acceptors (Lipinski definition) is 5. The van der Waals surface area contributed by atoms with Gasteiger partial charge < -0.3 is 9.84 Å². The van der Waals surface area contributed by atoms with E-state index in [1.54, 1.807) is 31.5 Å². The summed E-state index contributed by atoms with van der Waals surface area (Å²) < 4.78 is 56.8. The molecule has 0 aliphatic heterocycles. The molecule has 31 heavy (non-hydrogen) atoms. The molecule has 0 amide bonds. The third-order valence-corrected chi connectivity index (χ3v) is 5.73. The molecule has 3 N–H and O–H groups in total. The molecular formula is C22H22F2N2O4S. The molecule has 0 unspecified atom stereocenters. The Labute approximate surface area is 179 Å². The Morgan fingerprint density at radius 2 is 1.84 bits per heavy atom. The third-order valence-electron chi connectivity index (χ3n) is 4.81. The summed E-state index contributed by atoms with van der Waals surface area (Å²) in [6, 6.07) is 11.3. The minimum Gasteiger partial charge on any atom is -0.488 e. The molecule has 0 bridgehead atoms. The number of aliphatic hydroxyl groups is 1. The molecule has 9 heteroatoms. The van der Waals surface area contributed by atoms with Gasteiger partial charge in [0.05, 0.1) is 6.10 Å². The molecule has 6 nitrogen and oxygen atoms in total. The van der Waals surface area contributed by atoms with Crippen LogP contribution in [0.25, 0.3) is 11.1 Å². The SMILES string of the molecule is C[C@H](Oc1ccc(-c2cc(F)c(S(N)(=O)=O)cc2F)cc1)[C@H](O)CCc1cccnc1. The average molecular weight is 448 g/mol. The van der Waals surface area contributed by atoms with Crippen molar-refractivity contribution in [2.24, 2.45) is 5.14 Å². The Bertz CT molecular complexity index is 1140. The van der Waals surface area contributed by atoms with Gasteiger partial charge in [-0.1, -0.05) is 18.2 Å². The van der Waals surface area contributed by atoms with Gasteiger partial charge >= 0.3 is 0 Å². The number of benzene rings is 2. The van der Waals surface area contributed by atoms with Crippen molar-refractivity contribution in [3.63, 3.8) is 0 Å². The summed E-state index contributed by atoms with van der Waals surface area (Å²) in [7, 11) is -4.37. The van der Waals surface area contributed by atoms with Gasteiger partial charge in [0.15, 0.2) is 0 Å². The van der Waals surface area contributed by atoms with Crippen molar-refractivity contribution < 1.29 is 27.0 Å². The van der Waals surface area contributed by atoms with E-state index in [2.05, 4.69) is 4.98 Å². The number of sulfonamides is 1. The monoisotopic (exact) mass is 448 g/mol. The predicted molar refractivity (Wildman–Crippen MR) is 112 cm³/mol. The molecule has 0 saturated heterocycles. The maximum Gasteiger partial charge on any atom is 0.241 e. The first-order valence-corrected chi connectivity index (χ1v) is 11.1. The van der Waals surface area contributed by atoms with Crippen LogP contribution in [0.4, 0.5) is 8.78 Å². The van der Waals surface area contributed by atoms with Gasteiger partial charge in [-0.15, -0.1) is 0 Å². The number of primary sulfonamides is 1. The van der Waals surface area contributed by atoms with Crippen molar-refractivity contribution in [2.45, 2.75) is 36.9 Å². The summed E-state index contributed by atoms with van der Waals surface area (Å²) >= 11 is 0. The van der Waals surface area contributed by atoms with E-state index < -0.39 is 38.8 Å². The second-order valence-electron chi connectivity index (χ2n) is 7.12. The highest BCUT2D eigenvalue weighted by Crippen LogP contribution is 2.29. The number of hydrogen-bond donors (Lipinski definition) is 2. The van der Waals surface area contributed by atoms with Crippen LogP contribution in [0.2, 0.25) is 0 Å². The number of rotatable bonds is 8. The van der Waals surface area contributed by atoms with Crippen molar-refractivity contribution in [1.82, 2.24) is 4.98 Å². The van der Waals surface area contributed by atoms with Crippen molar-refractivity contribution in [3.05, 3.63) is 78.1 Å². The maximum atomic E-state index is 14.3. The summed E-state index contributed by atoms with van der Waals surface area (Å²) in [6.45, 7) is 1.74. The minimum atomic E-state index is -4.37. The van der Waals surface area contributed by atoms with E-state index in [-0.39, 0.29) is 5.56 Å². The largest absolute Gasteiger partial charge is 0.488 e. The van der Waals surface area contributed by atoms with Gasteiger partial charge in [-0.05, 0) is 61.2 Å². The Balaban J connectivity index is 1.67. The van der Waals surface area contributed by atoms with Crippen LogP contribution in [0.5, 0.6) is 5.75 Å². The molecule has 164 valence electrons. The quantitative estimate of drug-likeness (QED) is 0.550. The summed E-state index contributed by atoms with van der Waals surface area (Å²) in [5.74, 6) is -1.61. The molecule has 3 aromatic rings. The normalized spacial score (nSPS) is 13.6. The van der Waals surface area contributed by atoms with Gasteiger partial charge in [0, 0.05) is 18.0 Å². The number of nitrogens with two attached hydrogens (primary N) is 1. The fourth-order valence-corrected chi connectivity index (χ4v) is 3.67. The fourth-order valence-electron chi connectivity index (χ4n) is 3.07. The summed E-state index contributed by atoms with van der Waals surface area (Å²) in [6.07, 6.45) is 3.37. The van der Waals surface area contributed by atoms with Crippen molar-refractivity contribution in [2.75, 3.05) is 0 Å². The zero-order valence-electron chi connectivity index (χ0n) is 16.7. The molecule has 0 spiro atoms. The van der Waals surface area contributed by atoms with Crippen LogP contribution in [0, 0.1) is 11.6 Å². The molecule has 0 aliphatic rings. The van der Waals surface area contributed by atoms with Crippen LogP contribution in [0.3, 0.4) is 0 Å². The number of nitrogens with zero attached hydrogens (tertiary/aromatic N) is 1. The highest BCUT2D eigenvalue weighted by molar-refractivity contribution is 7.89. The van der Waals surface area contributed by atoms with Crippen LogP contribution >= 0.6 is 0 Å². The van der Waals surface area contributed by atoms with Gasteiger partial charge in [-0.2, -0.15) is 0 Å². The van der Waals surface area contributed by atoms with Gasteiger partial charge in [0.25, 0.3) is 0 Å². The zero-order chi connectivity index (χ0) is 22.6. The van der Waals surface area contributed by atoms with Crippen LogP contribution in [-0.4, -0.2) is 30.7 Å². The molecule has 1 aromatic heterocycles. The van der Waals surface area contributed by atoms with E-state index in [9.17, 15) is 22.3 Å². The Morgan fingerprint density at radius 3 is 2.45 bits per heavy atom. The number of aryl methyl sites for hydroxylation is 1. The first-order valence-electron chi connectivity index (χ1n) is 9.51. The predicted octanol–water partition coefficient (Wildman–Crippen LogP) is 3.44. The molecule has 0 saturated carbocycles. The number of aliphatic hydroxyl groups excluding tert-OH is 1. The molecule has 2 atom stereocenters. The van der Waals surface area contributed by atoms with E-state index in [1.807, 2.05) is 12.1 Å². The van der Waals surface area contributed by atoms with Crippen LogP contribution in [0.1, 0.15) is 18.9 Å². The fraction of sp³-hybridized carbons (Fsp3) is 0.227. The Hall–Kier alpha value is -2.88. The number of halogens is 2. The number of ether oxygens (including phenoxy) is 1. The van der Waals surface area contributed by atoms with E-state index in [0.29, 0.717) is 30.2 Å². The second kappa shape index (κ2) is 9.51. The minimum absolute atomic E-state index is 0.110. The summed E-state index contributed by atoms with van der Waals surface area (Å²) in [4.78, 5) is 3.14. The van der Waals surface area contributed by atoms with Crippen LogP contribution in [0.15, 0.2) is 65.8 Å². The van der Waals surface area contributed by atoms with E-state index in [0.717, 1.165) is 11.6 Å². The number of aromatic nitrogens is 1. The molecule has 3 rings (SSSR count). The highest BCUT2D eigenvalue weighted by atomic mass is 32.2.